The number of nitrogens with one attached hydrogen (secondary N) is 1. The van der Waals surface area contributed by atoms with Gasteiger partial charge in [-0.25, -0.2) is 0 Å². The maximum absolute atomic E-state index is 11.7. The molecule has 0 aromatic heterocycles. The van der Waals surface area contributed by atoms with Crippen molar-refractivity contribution in [3.8, 4) is 12.1 Å². The minimum Gasteiger partial charge on any atom is -0.294 e. The first kappa shape index (κ1) is 14.3. The van der Waals surface area contributed by atoms with Crippen LogP contribution < -0.4 is 5.32 Å². The summed E-state index contributed by atoms with van der Waals surface area (Å²) in [6.07, 6.45) is 0. The Morgan fingerprint density at radius 2 is 1.60 bits per heavy atom. The van der Waals surface area contributed by atoms with Crippen molar-refractivity contribution in [2.75, 3.05) is 0 Å². The van der Waals surface area contributed by atoms with Crippen LogP contribution in [0.4, 0.5) is 0 Å². The van der Waals surface area contributed by atoms with Crippen molar-refractivity contribution in [3.63, 3.8) is 0 Å². The number of imide groups is 1. The summed E-state index contributed by atoms with van der Waals surface area (Å²) in [7, 11) is 0. The van der Waals surface area contributed by atoms with Crippen molar-refractivity contribution in [1.29, 1.82) is 10.5 Å². The molecule has 1 aromatic rings. The summed E-state index contributed by atoms with van der Waals surface area (Å²) in [4.78, 5) is 23.5. The van der Waals surface area contributed by atoms with Crippen molar-refractivity contribution in [3.05, 3.63) is 33.8 Å². The van der Waals surface area contributed by atoms with Crippen LogP contribution in [0.15, 0.2) is 18.2 Å². The molecule has 1 N–H and O–H groups in total. The number of hydrogen-bond donors (Lipinski definition) is 1. The first-order valence-corrected chi connectivity index (χ1v) is 6.34. The number of hydrogen-bond acceptors (Lipinski definition) is 4. The summed E-state index contributed by atoms with van der Waals surface area (Å²) in [5.74, 6) is -4.66. The lowest BCUT2D eigenvalue weighted by Gasteiger charge is -2.30. The van der Waals surface area contributed by atoms with E-state index in [1.165, 1.54) is 18.2 Å². The zero-order valence-electron chi connectivity index (χ0n) is 9.93. The van der Waals surface area contributed by atoms with Crippen LogP contribution in [-0.4, -0.2) is 11.8 Å². The number of piperidine rings is 1. The highest BCUT2D eigenvalue weighted by Crippen LogP contribution is 2.39. The van der Waals surface area contributed by atoms with Gasteiger partial charge in [0.2, 0.25) is 11.8 Å². The molecule has 0 spiro atoms. The van der Waals surface area contributed by atoms with Crippen LogP contribution in [0.1, 0.15) is 11.5 Å². The average Bonchev–Trinajstić information content (AvgIpc) is 2.38. The molecule has 2 amide bonds. The van der Waals surface area contributed by atoms with Crippen molar-refractivity contribution >= 4 is 35.0 Å². The van der Waals surface area contributed by atoms with Crippen LogP contribution in [0.25, 0.3) is 0 Å². The molecule has 1 fully saturated rings. The molecule has 2 rings (SSSR count). The zero-order valence-corrected chi connectivity index (χ0v) is 11.4. The van der Waals surface area contributed by atoms with E-state index in [0.717, 1.165) is 0 Å². The molecule has 1 aliphatic heterocycles. The SMILES string of the molecule is N#C[C@@H]1C(=O)NC(=O)[C@@H](C#N)C1c1ccc(Cl)cc1Cl. The number of nitriles is 2. The Morgan fingerprint density at radius 3 is 2.05 bits per heavy atom. The van der Waals surface area contributed by atoms with Gasteiger partial charge in [0, 0.05) is 16.0 Å². The molecule has 7 heteroatoms. The Kier molecular flexibility index (Phi) is 3.94. The van der Waals surface area contributed by atoms with Crippen LogP contribution in [0.5, 0.6) is 0 Å². The van der Waals surface area contributed by atoms with Crippen molar-refractivity contribution in [2.45, 2.75) is 5.92 Å². The van der Waals surface area contributed by atoms with Gasteiger partial charge in [-0.05, 0) is 17.7 Å². The smallest absolute Gasteiger partial charge is 0.244 e. The van der Waals surface area contributed by atoms with Crippen molar-refractivity contribution in [1.82, 2.24) is 5.32 Å². The number of nitrogens with zero attached hydrogens (tertiary/aromatic N) is 2. The molecule has 20 heavy (non-hydrogen) atoms. The van der Waals surface area contributed by atoms with E-state index < -0.39 is 29.6 Å². The minimum atomic E-state index is -1.16. The van der Waals surface area contributed by atoms with Crippen molar-refractivity contribution < 1.29 is 9.59 Å². The third kappa shape index (κ3) is 2.34. The van der Waals surface area contributed by atoms with Crippen LogP contribution in [0, 0.1) is 34.5 Å². The van der Waals surface area contributed by atoms with Gasteiger partial charge in [-0.1, -0.05) is 29.3 Å². The van der Waals surface area contributed by atoms with Gasteiger partial charge in [0.05, 0.1) is 12.1 Å². The second-order valence-corrected chi connectivity index (χ2v) is 5.10. The summed E-state index contributed by atoms with van der Waals surface area (Å²) in [6.45, 7) is 0. The Hall–Kier alpha value is -2.08. The molecule has 5 nitrogen and oxygen atoms in total. The molecule has 0 aliphatic carbocycles. The third-order valence-corrected chi connectivity index (χ3v) is 3.69. The van der Waals surface area contributed by atoms with Gasteiger partial charge in [0.15, 0.2) is 0 Å². The molecule has 100 valence electrons. The summed E-state index contributed by atoms with van der Waals surface area (Å²) >= 11 is 11.8. The molecule has 1 saturated heterocycles. The first-order chi connectivity index (χ1) is 9.49. The summed E-state index contributed by atoms with van der Waals surface area (Å²) in [5, 5.41) is 20.9. The number of rotatable bonds is 1. The number of amides is 2. The number of carbonyl (C=O) groups excluding carboxylic acids is 2. The van der Waals surface area contributed by atoms with Crippen LogP contribution in [0.2, 0.25) is 10.0 Å². The van der Waals surface area contributed by atoms with Crippen molar-refractivity contribution in [2.24, 2.45) is 11.8 Å². The van der Waals surface area contributed by atoms with E-state index in [2.05, 4.69) is 0 Å². The molecular formula is C13H7Cl2N3O2. The lowest BCUT2D eigenvalue weighted by atomic mass is 9.74. The lowest BCUT2D eigenvalue weighted by Crippen LogP contribution is -2.49. The highest BCUT2D eigenvalue weighted by atomic mass is 35.5. The average molecular weight is 308 g/mol. The first-order valence-electron chi connectivity index (χ1n) is 5.58. The van der Waals surface area contributed by atoms with E-state index in [0.29, 0.717) is 10.6 Å². The van der Waals surface area contributed by atoms with Crippen LogP contribution in [-0.2, 0) is 9.59 Å². The Bertz CT molecular complexity index is 643. The van der Waals surface area contributed by atoms with E-state index >= 15 is 0 Å². The summed E-state index contributed by atoms with van der Waals surface area (Å²) in [6, 6.07) is 8.14. The van der Waals surface area contributed by atoms with Gasteiger partial charge in [0.25, 0.3) is 0 Å². The van der Waals surface area contributed by atoms with E-state index in [1.807, 2.05) is 17.5 Å². The second-order valence-electron chi connectivity index (χ2n) is 4.26. The van der Waals surface area contributed by atoms with E-state index in [1.54, 1.807) is 0 Å². The highest BCUT2D eigenvalue weighted by Gasteiger charge is 2.45. The normalized spacial score (nSPS) is 22.8. The zero-order chi connectivity index (χ0) is 14.9. The molecule has 1 heterocycles. The molecule has 1 aliphatic rings. The summed E-state index contributed by atoms with van der Waals surface area (Å²) in [5.41, 5.74) is 0.386. The quantitative estimate of drug-likeness (QED) is 0.803. The van der Waals surface area contributed by atoms with E-state index in [-0.39, 0.29) is 5.02 Å². The second kappa shape index (κ2) is 5.50. The molecule has 1 aromatic carbocycles. The summed E-state index contributed by atoms with van der Waals surface area (Å²) < 4.78 is 0. The Labute approximate surface area is 124 Å². The van der Waals surface area contributed by atoms with Gasteiger partial charge >= 0.3 is 0 Å². The number of carbonyl (C=O) groups is 2. The molecule has 0 saturated carbocycles. The van der Waals surface area contributed by atoms with Gasteiger partial charge in [-0.3, -0.25) is 14.9 Å². The minimum absolute atomic E-state index is 0.213. The third-order valence-electron chi connectivity index (χ3n) is 3.13. The predicted octanol–water partition coefficient (Wildman–Crippen LogP) is 2.01. The van der Waals surface area contributed by atoms with Gasteiger partial charge in [-0.2, -0.15) is 10.5 Å². The topological polar surface area (TPSA) is 93.8 Å². The van der Waals surface area contributed by atoms with Gasteiger partial charge in [-0.15, -0.1) is 0 Å². The fourth-order valence-corrected chi connectivity index (χ4v) is 2.74. The maximum atomic E-state index is 11.7. The molecule has 0 radical (unpaired) electrons. The molecule has 0 bridgehead atoms. The standard InChI is InChI=1S/C13H7Cl2N3O2/c14-6-1-2-7(10(15)3-6)11-8(4-16)12(19)18-13(20)9(11)5-17/h1-3,8-9,11H,(H,18,19,20)/t8-,9-/m0/s1. The largest absolute Gasteiger partial charge is 0.294 e. The van der Waals surface area contributed by atoms with Gasteiger partial charge in [0.1, 0.15) is 11.8 Å². The van der Waals surface area contributed by atoms with Gasteiger partial charge < -0.3 is 0 Å². The number of benzene rings is 1. The number of halogens is 2. The predicted molar refractivity (Wildman–Crippen MR) is 70.6 cm³/mol. The molecule has 0 unspecified atom stereocenters. The Balaban J connectivity index is 2.58. The lowest BCUT2D eigenvalue weighted by molar-refractivity contribution is -0.137. The Morgan fingerprint density at radius 1 is 1.05 bits per heavy atom. The van der Waals surface area contributed by atoms with Crippen LogP contribution >= 0.6 is 23.2 Å². The van der Waals surface area contributed by atoms with Crippen LogP contribution in [0.3, 0.4) is 0 Å². The fraction of sp³-hybridized carbons (Fsp3) is 0.231. The molecular weight excluding hydrogens is 301 g/mol. The maximum Gasteiger partial charge on any atom is 0.244 e. The fourth-order valence-electron chi connectivity index (χ4n) is 2.20. The molecule has 2 atom stereocenters. The highest BCUT2D eigenvalue weighted by molar-refractivity contribution is 6.35. The van der Waals surface area contributed by atoms with E-state index in [4.69, 9.17) is 33.7 Å². The van der Waals surface area contributed by atoms with E-state index in [9.17, 15) is 9.59 Å². The monoisotopic (exact) mass is 307 g/mol.